The molecule has 0 aromatic heterocycles. The summed E-state index contributed by atoms with van der Waals surface area (Å²) in [4.78, 5) is 0. The van der Waals surface area contributed by atoms with Crippen molar-refractivity contribution >= 4 is 0 Å². The van der Waals surface area contributed by atoms with Crippen molar-refractivity contribution in [2.45, 2.75) is 13.1 Å². The second-order valence-corrected chi connectivity index (χ2v) is 2.24. The molecule has 60 valence electrons. The van der Waals surface area contributed by atoms with Crippen LogP contribution in [0.5, 0.6) is 0 Å². The van der Waals surface area contributed by atoms with Crippen LogP contribution in [0.3, 0.4) is 0 Å². The summed E-state index contributed by atoms with van der Waals surface area (Å²) >= 11 is 0. The van der Waals surface area contributed by atoms with Crippen LogP contribution >= 0.6 is 0 Å². The Hall–Kier alpha value is -0.393. The molecule has 1 rings (SSSR count). The smallest absolute Gasteiger partial charge is 0.183 e. The molecule has 12 heavy (non-hydrogen) atoms. The van der Waals surface area contributed by atoms with E-state index in [0.29, 0.717) is 0 Å². The largest absolute Gasteiger partial charge is 1.00 e. The number of hydrogen-bond donors (Lipinski definition) is 0. The van der Waals surface area contributed by atoms with Crippen molar-refractivity contribution in [3.05, 3.63) is 35.4 Å². The van der Waals surface area contributed by atoms with E-state index < -0.39 is 11.7 Å². The van der Waals surface area contributed by atoms with Crippen LogP contribution in [0.1, 0.15) is 11.1 Å². The molecule has 0 saturated heterocycles. The molecule has 0 fully saturated rings. The maximum absolute atomic E-state index is 12.0. The Morgan fingerprint density at radius 3 is 2.25 bits per heavy atom. The summed E-state index contributed by atoms with van der Waals surface area (Å²) < 4.78 is 36.1. The molecule has 4 heteroatoms. The minimum Gasteiger partial charge on any atom is -0.183 e. The van der Waals surface area contributed by atoms with E-state index in [-0.39, 0.29) is 24.4 Å². The van der Waals surface area contributed by atoms with Gasteiger partial charge in [-0.2, -0.15) is 37.4 Å². The van der Waals surface area contributed by atoms with Gasteiger partial charge in [0.25, 0.3) is 0 Å². The van der Waals surface area contributed by atoms with Crippen LogP contribution in [0.25, 0.3) is 0 Å². The quantitative estimate of drug-likeness (QED) is 0.370. The molecule has 0 N–H and O–H groups in total. The van der Waals surface area contributed by atoms with Gasteiger partial charge in [0.2, 0.25) is 0 Å². The monoisotopic (exact) mass is 166 g/mol. The third-order valence-corrected chi connectivity index (χ3v) is 1.39. The van der Waals surface area contributed by atoms with E-state index >= 15 is 0 Å². The molecule has 0 aliphatic carbocycles. The molecule has 0 radical (unpaired) electrons. The molecule has 0 heterocycles. The third-order valence-electron chi connectivity index (χ3n) is 1.39. The second-order valence-electron chi connectivity index (χ2n) is 2.24. The van der Waals surface area contributed by atoms with E-state index in [9.17, 15) is 13.2 Å². The normalized spacial score (nSPS) is 10.7. The zero-order chi connectivity index (χ0) is 8.48. The van der Waals surface area contributed by atoms with Crippen molar-refractivity contribution < 1.29 is 32.0 Å². The van der Waals surface area contributed by atoms with E-state index in [2.05, 4.69) is 6.07 Å². The molecular formula is C8H6F3Li. The number of benzene rings is 1. The van der Waals surface area contributed by atoms with Gasteiger partial charge in [-0.1, -0.05) is 12.5 Å². The van der Waals surface area contributed by atoms with Crippen LogP contribution in [0.15, 0.2) is 18.2 Å². The SMILES string of the molecule is Cc1cc[c-]cc1C(F)(F)F.[Li+]. The van der Waals surface area contributed by atoms with Crippen LogP contribution < -0.4 is 18.9 Å². The van der Waals surface area contributed by atoms with Gasteiger partial charge in [-0.3, -0.25) is 0 Å². The molecule has 0 aliphatic rings. The Kier molecular flexibility index (Phi) is 3.89. The molecule has 0 amide bonds. The van der Waals surface area contributed by atoms with E-state index in [1.807, 2.05) is 0 Å². The number of rotatable bonds is 0. The minimum atomic E-state index is -4.25. The van der Waals surface area contributed by atoms with Crippen LogP contribution in [-0.4, -0.2) is 0 Å². The molecular weight excluding hydrogens is 160 g/mol. The van der Waals surface area contributed by atoms with Gasteiger partial charge in [-0.05, 0) is 0 Å². The Morgan fingerprint density at radius 1 is 1.33 bits per heavy atom. The van der Waals surface area contributed by atoms with E-state index in [1.54, 1.807) is 0 Å². The summed E-state index contributed by atoms with van der Waals surface area (Å²) in [6.07, 6.45) is -4.25. The predicted molar refractivity (Wildman–Crippen MR) is 35.0 cm³/mol. The average molecular weight is 166 g/mol. The van der Waals surface area contributed by atoms with E-state index in [4.69, 9.17) is 0 Å². The van der Waals surface area contributed by atoms with Crippen LogP contribution in [0.4, 0.5) is 13.2 Å². The Morgan fingerprint density at radius 2 is 1.92 bits per heavy atom. The van der Waals surface area contributed by atoms with Gasteiger partial charge in [0.15, 0.2) is 0 Å². The predicted octanol–water partition coefficient (Wildman–Crippen LogP) is -0.182. The molecule has 1 aromatic rings. The Labute approximate surface area is 81.0 Å². The van der Waals surface area contributed by atoms with Gasteiger partial charge in [-0.15, -0.1) is 5.56 Å². The number of halogens is 3. The van der Waals surface area contributed by atoms with Crippen molar-refractivity contribution in [2.75, 3.05) is 0 Å². The molecule has 0 spiro atoms. The summed E-state index contributed by atoms with van der Waals surface area (Å²) in [6.45, 7) is 1.43. The zero-order valence-electron chi connectivity index (χ0n) is 6.87. The van der Waals surface area contributed by atoms with Gasteiger partial charge in [-0.25, -0.2) is 0 Å². The number of aryl methyl sites for hydroxylation is 1. The van der Waals surface area contributed by atoms with E-state index in [0.717, 1.165) is 6.07 Å². The Bertz CT molecular complexity index is 255. The van der Waals surface area contributed by atoms with Gasteiger partial charge >= 0.3 is 25.0 Å². The first kappa shape index (κ1) is 11.6. The van der Waals surface area contributed by atoms with Gasteiger partial charge in [0.05, 0.1) is 0 Å². The van der Waals surface area contributed by atoms with Gasteiger partial charge in [0, 0.05) is 0 Å². The summed E-state index contributed by atoms with van der Waals surface area (Å²) in [7, 11) is 0. The third kappa shape index (κ3) is 2.58. The van der Waals surface area contributed by atoms with Crippen molar-refractivity contribution in [1.82, 2.24) is 0 Å². The molecule has 0 unspecified atom stereocenters. The maximum atomic E-state index is 12.0. The van der Waals surface area contributed by atoms with Crippen LogP contribution in [-0.2, 0) is 6.18 Å². The van der Waals surface area contributed by atoms with Crippen LogP contribution in [0, 0.1) is 13.0 Å². The Balaban J connectivity index is 0.00000121. The molecule has 0 atom stereocenters. The second kappa shape index (κ2) is 4.02. The summed E-state index contributed by atoms with van der Waals surface area (Å²) in [5, 5.41) is 0. The first-order valence-electron chi connectivity index (χ1n) is 3.05. The fraction of sp³-hybridized carbons (Fsp3) is 0.250. The maximum Gasteiger partial charge on any atom is 1.00 e. The summed E-state index contributed by atoms with van der Waals surface area (Å²) in [5.41, 5.74) is -0.378. The minimum absolute atomic E-state index is 0. The molecule has 1 aromatic carbocycles. The van der Waals surface area contributed by atoms with E-state index in [1.165, 1.54) is 19.1 Å². The van der Waals surface area contributed by atoms with Crippen molar-refractivity contribution in [2.24, 2.45) is 0 Å². The summed E-state index contributed by atoms with van der Waals surface area (Å²) in [6, 6.07) is 6.20. The topological polar surface area (TPSA) is 0 Å². The molecule has 0 saturated carbocycles. The number of alkyl halides is 3. The van der Waals surface area contributed by atoms with Crippen molar-refractivity contribution in [1.29, 1.82) is 0 Å². The molecule has 0 bridgehead atoms. The van der Waals surface area contributed by atoms with Crippen molar-refractivity contribution in [3.8, 4) is 0 Å². The standard InChI is InChI=1S/C8H6F3.Li/c1-6-4-2-3-5-7(6)8(9,10)11;/h2,4-5H,1H3;/q-1;+1. The van der Waals surface area contributed by atoms with Crippen molar-refractivity contribution in [3.63, 3.8) is 0 Å². The van der Waals surface area contributed by atoms with Gasteiger partial charge in [0.1, 0.15) is 0 Å². The zero-order valence-corrected chi connectivity index (χ0v) is 6.87. The number of hydrogen-bond acceptors (Lipinski definition) is 0. The average Bonchev–Trinajstić information content (AvgIpc) is 1.86. The summed E-state index contributed by atoms with van der Waals surface area (Å²) in [5.74, 6) is 0. The van der Waals surface area contributed by atoms with Gasteiger partial charge < -0.3 is 0 Å². The molecule has 0 aliphatic heterocycles. The van der Waals surface area contributed by atoms with Crippen LogP contribution in [0.2, 0.25) is 0 Å². The first-order valence-corrected chi connectivity index (χ1v) is 3.05. The molecule has 0 nitrogen and oxygen atoms in total. The fourth-order valence-electron chi connectivity index (χ4n) is 0.814. The fourth-order valence-corrected chi connectivity index (χ4v) is 0.814. The first-order chi connectivity index (χ1) is 5.02.